The molecular weight excluding hydrogens is 367 g/mol. The number of fused-ring (bicyclic) bond motifs is 1. The van der Waals surface area contributed by atoms with Crippen molar-refractivity contribution in [3.8, 4) is 11.1 Å². The molecule has 8 heteroatoms. The van der Waals surface area contributed by atoms with E-state index in [1.165, 1.54) is 10.9 Å². The van der Waals surface area contributed by atoms with Crippen LogP contribution in [0, 0.1) is 6.92 Å². The zero-order chi connectivity index (χ0) is 19.9. The minimum absolute atomic E-state index is 0.130. The van der Waals surface area contributed by atoms with Gasteiger partial charge in [-0.15, -0.1) is 0 Å². The van der Waals surface area contributed by atoms with Crippen molar-refractivity contribution in [3.05, 3.63) is 58.9 Å². The molecule has 0 N–H and O–H groups in total. The van der Waals surface area contributed by atoms with Crippen LogP contribution >= 0.6 is 0 Å². The average molecular weight is 387 g/mol. The first kappa shape index (κ1) is 18.5. The molecule has 0 spiro atoms. The topological polar surface area (TPSA) is 48.0 Å². The summed E-state index contributed by atoms with van der Waals surface area (Å²) in [5.74, 6) is 0.850. The Morgan fingerprint density at radius 2 is 2.00 bits per heavy atom. The summed E-state index contributed by atoms with van der Waals surface area (Å²) in [6, 6.07) is 3.85. The molecule has 3 heterocycles. The Kier molecular flexibility index (Phi) is 4.56. The molecule has 146 valence electrons. The molecule has 0 fully saturated rings. The summed E-state index contributed by atoms with van der Waals surface area (Å²) in [7, 11) is 0. The summed E-state index contributed by atoms with van der Waals surface area (Å²) in [5.41, 5.74) is 2.54. The van der Waals surface area contributed by atoms with Gasteiger partial charge in [0.2, 0.25) is 0 Å². The molecule has 0 radical (unpaired) electrons. The zero-order valence-corrected chi connectivity index (χ0v) is 15.7. The number of hydrogen-bond acceptors (Lipinski definition) is 3. The van der Waals surface area contributed by atoms with Crippen molar-refractivity contribution in [2.24, 2.45) is 4.99 Å². The maximum atomic E-state index is 13.7. The summed E-state index contributed by atoms with van der Waals surface area (Å²) in [6.07, 6.45) is 2.92. The van der Waals surface area contributed by atoms with Gasteiger partial charge in [-0.2, -0.15) is 18.3 Å². The van der Waals surface area contributed by atoms with Gasteiger partial charge in [-0.25, -0.2) is 4.98 Å². The highest BCUT2D eigenvalue weighted by Crippen LogP contribution is 2.39. The van der Waals surface area contributed by atoms with E-state index in [0.717, 1.165) is 22.5 Å². The van der Waals surface area contributed by atoms with Gasteiger partial charge in [-0.1, -0.05) is 0 Å². The molecular formula is C20H20F3N5. The smallest absolute Gasteiger partial charge is 0.331 e. The van der Waals surface area contributed by atoms with Crippen molar-refractivity contribution in [2.45, 2.75) is 39.5 Å². The van der Waals surface area contributed by atoms with Gasteiger partial charge in [-0.3, -0.25) is 9.67 Å². The third-order valence-corrected chi connectivity index (χ3v) is 4.99. The second kappa shape index (κ2) is 6.92. The quantitative estimate of drug-likeness (QED) is 0.676. The van der Waals surface area contributed by atoms with Crippen molar-refractivity contribution in [2.75, 3.05) is 6.54 Å². The first-order valence-electron chi connectivity index (χ1n) is 9.15. The van der Waals surface area contributed by atoms with Crippen LogP contribution in [0.4, 0.5) is 13.2 Å². The van der Waals surface area contributed by atoms with E-state index in [0.29, 0.717) is 31.6 Å². The van der Waals surface area contributed by atoms with Gasteiger partial charge in [-0.05, 0) is 54.7 Å². The fraction of sp³-hybridized carbons (Fsp3) is 0.350. The van der Waals surface area contributed by atoms with Gasteiger partial charge in [0.1, 0.15) is 5.82 Å². The number of aromatic nitrogens is 4. The zero-order valence-electron chi connectivity index (χ0n) is 15.7. The van der Waals surface area contributed by atoms with Crippen molar-refractivity contribution < 1.29 is 13.2 Å². The lowest BCUT2D eigenvalue weighted by Gasteiger charge is -2.18. The monoisotopic (exact) mass is 387 g/mol. The number of nitrogens with zero attached hydrogens (tertiary/aromatic N) is 5. The van der Waals surface area contributed by atoms with Crippen LogP contribution in [0.2, 0.25) is 0 Å². The molecule has 1 aromatic carbocycles. The standard InChI is InChI=1S/C20H20F3N5/c1-3-28-12-18(19(26-28)20(21,22)23)17-9-14(11-27-7-6-25-13(27)2)8-15-10-24-5-4-16(15)17/h6-10,12H,3-5,11H2,1-2H3. The number of halogens is 3. The molecule has 0 amide bonds. The lowest BCUT2D eigenvalue weighted by Crippen LogP contribution is -2.11. The van der Waals surface area contributed by atoms with Crippen molar-refractivity contribution in [1.82, 2.24) is 19.3 Å². The van der Waals surface area contributed by atoms with E-state index in [9.17, 15) is 13.2 Å². The highest BCUT2D eigenvalue weighted by atomic mass is 19.4. The van der Waals surface area contributed by atoms with Gasteiger partial charge in [0.15, 0.2) is 5.69 Å². The lowest BCUT2D eigenvalue weighted by molar-refractivity contribution is -0.141. The van der Waals surface area contributed by atoms with E-state index >= 15 is 0 Å². The average Bonchev–Trinajstić information content (AvgIpc) is 3.27. The molecule has 1 aliphatic rings. The van der Waals surface area contributed by atoms with Gasteiger partial charge in [0.25, 0.3) is 0 Å². The fourth-order valence-electron chi connectivity index (χ4n) is 3.58. The molecule has 2 aromatic heterocycles. The second-order valence-electron chi connectivity index (χ2n) is 6.84. The summed E-state index contributed by atoms with van der Waals surface area (Å²) >= 11 is 0. The normalized spacial score (nSPS) is 13.8. The first-order valence-corrected chi connectivity index (χ1v) is 9.15. The number of rotatable bonds is 4. The second-order valence-corrected chi connectivity index (χ2v) is 6.84. The van der Waals surface area contributed by atoms with Crippen LogP contribution in [0.15, 0.2) is 35.7 Å². The molecule has 0 atom stereocenters. The van der Waals surface area contributed by atoms with Crippen molar-refractivity contribution >= 4 is 6.21 Å². The molecule has 5 nitrogen and oxygen atoms in total. The lowest BCUT2D eigenvalue weighted by atomic mass is 9.90. The van der Waals surface area contributed by atoms with Crippen LogP contribution in [-0.2, 0) is 25.7 Å². The predicted molar refractivity (Wildman–Crippen MR) is 101 cm³/mol. The number of alkyl halides is 3. The van der Waals surface area contributed by atoms with Gasteiger partial charge >= 0.3 is 6.18 Å². The van der Waals surface area contributed by atoms with E-state index < -0.39 is 11.9 Å². The summed E-state index contributed by atoms with van der Waals surface area (Å²) in [6.45, 7) is 5.15. The largest absolute Gasteiger partial charge is 0.435 e. The van der Waals surface area contributed by atoms with E-state index in [4.69, 9.17) is 0 Å². The number of benzene rings is 1. The Labute approximate surface area is 160 Å². The van der Waals surface area contributed by atoms with Crippen LogP contribution in [0.5, 0.6) is 0 Å². The number of aryl methyl sites for hydroxylation is 2. The van der Waals surface area contributed by atoms with E-state index in [2.05, 4.69) is 15.1 Å². The minimum atomic E-state index is -4.51. The minimum Gasteiger partial charge on any atom is -0.331 e. The Bertz CT molecular complexity index is 1040. The maximum Gasteiger partial charge on any atom is 0.435 e. The number of hydrogen-bond donors (Lipinski definition) is 0. The Morgan fingerprint density at radius 1 is 1.18 bits per heavy atom. The molecule has 0 unspecified atom stereocenters. The molecule has 28 heavy (non-hydrogen) atoms. The summed E-state index contributed by atoms with van der Waals surface area (Å²) in [5, 5.41) is 3.79. The number of imidazole rings is 1. The Balaban J connectivity index is 1.89. The highest BCUT2D eigenvalue weighted by molar-refractivity contribution is 5.88. The first-order chi connectivity index (χ1) is 13.4. The fourth-order valence-corrected chi connectivity index (χ4v) is 3.58. The van der Waals surface area contributed by atoms with Crippen LogP contribution in [-0.4, -0.2) is 32.1 Å². The van der Waals surface area contributed by atoms with Gasteiger partial charge in [0, 0.05) is 50.0 Å². The number of aliphatic imine (C=N–C) groups is 1. The Hall–Kier alpha value is -2.90. The molecule has 0 saturated carbocycles. The highest BCUT2D eigenvalue weighted by Gasteiger charge is 2.38. The molecule has 0 aliphatic carbocycles. The predicted octanol–water partition coefficient (Wildman–Crippen LogP) is 4.12. The van der Waals surface area contributed by atoms with Crippen LogP contribution in [0.1, 0.15) is 35.1 Å². The van der Waals surface area contributed by atoms with Crippen molar-refractivity contribution in [1.29, 1.82) is 0 Å². The molecule has 0 saturated heterocycles. The third kappa shape index (κ3) is 3.34. The maximum absolute atomic E-state index is 13.7. The Morgan fingerprint density at radius 3 is 2.68 bits per heavy atom. The van der Waals surface area contributed by atoms with Crippen molar-refractivity contribution in [3.63, 3.8) is 0 Å². The molecule has 1 aliphatic heterocycles. The molecule has 0 bridgehead atoms. The molecule has 3 aromatic rings. The van der Waals surface area contributed by atoms with E-state index in [-0.39, 0.29) is 5.56 Å². The van der Waals surface area contributed by atoms with E-state index in [1.54, 1.807) is 19.3 Å². The van der Waals surface area contributed by atoms with Gasteiger partial charge in [0.05, 0.1) is 0 Å². The third-order valence-electron chi connectivity index (χ3n) is 4.99. The summed E-state index contributed by atoms with van der Waals surface area (Å²) < 4.78 is 44.3. The van der Waals surface area contributed by atoms with Crippen LogP contribution < -0.4 is 0 Å². The molecule has 4 rings (SSSR count). The van der Waals surface area contributed by atoms with Crippen LogP contribution in [0.3, 0.4) is 0 Å². The SMILES string of the molecule is CCn1cc(-c2cc(Cn3ccnc3C)cc3c2CCN=C3)c(C(F)(F)F)n1. The van der Waals surface area contributed by atoms with E-state index in [1.807, 2.05) is 29.8 Å². The van der Waals surface area contributed by atoms with Crippen LogP contribution in [0.25, 0.3) is 11.1 Å². The summed E-state index contributed by atoms with van der Waals surface area (Å²) in [4.78, 5) is 8.53. The van der Waals surface area contributed by atoms with Gasteiger partial charge < -0.3 is 4.57 Å².